The zero-order chi connectivity index (χ0) is 10.8. The first kappa shape index (κ1) is 10.6. The van der Waals surface area contributed by atoms with Crippen LogP contribution in [-0.4, -0.2) is 27.3 Å². The van der Waals surface area contributed by atoms with Gasteiger partial charge in [-0.3, -0.25) is 4.79 Å². The van der Waals surface area contributed by atoms with Crippen LogP contribution in [0.2, 0.25) is 10.3 Å². The second kappa shape index (κ2) is 4.33. The van der Waals surface area contributed by atoms with Crippen molar-refractivity contribution in [2.75, 3.05) is 6.54 Å². The molecule has 0 bridgehead atoms. The number of carbonyl (C=O) groups is 1. The second-order valence-electron chi connectivity index (χ2n) is 3.35. The first-order valence-corrected chi connectivity index (χ1v) is 5.37. The van der Waals surface area contributed by atoms with Crippen LogP contribution in [0.1, 0.15) is 18.7 Å². The summed E-state index contributed by atoms with van der Waals surface area (Å²) in [6.07, 6.45) is 1.50. The van der Waals surface area contributed by atoms with Crippen LogP contribution < -0.4 is 0 Å². The Bertz CT molecular complexity index is 377. The summed E-state index contributed by atoms with van der Waals surface area (Å²) in [6, 6.07) is 1.47. The van der Waals surface area contributed by atoms with E-state index < -0.39 is 0 Å². The molecule has 1 aliphatic rings. The molecule has 0 aromatic carbocycles. The van der Waals surface area contributed by atoms with Crippen LogP contribution in [-0.2, 0) is 11.3 Å². The molecule has 0 spiro atoms. The monoisotopic (exact) mass is 245 g/mol. The summed E-state index contributed by atoms with van der Waals surface area (Å²) in [5, 5.41) is 0.605. The fourth-order valence-electron chi connectivity index (χ4n) is 1.55. The number of halogens is 2. The molecule has 4 nitrogen and oxygen atoms in total. The number of hydrogen-bond acceptors (Lipinski definition) is 3. The molecule has 0 aliphatic carbocycles. The van der Waals surface area contributed by atoms with E-state index in [0.717, 1.165) is 13.0 Å². The van der Waals surface area contributed by atoms with Gasteiger partial charge in [-0.15, -0.1) is 0 Å². The van der Waals surface area contributed by atoms with E-state index in [2.05, 4.69) is 9.97 Å². The molecule has 0 radical (unpaired) electrons. The Morgan fingerprint density at radius 1 is 1.33 bits per heavy atom. The average molecular weight is 246 g/mol. The molecule has 2 heterocycles. The summed E-state index contributed by atoms with van der Waals surface area (Å²) in [7, 11) is 0. The van der Waals surface area contributed by atoms with E-state index in [9.17, 15) is 4.79 Å². The van der Waals surface area contributed by atoms with Gasteiger partial charge >= 0.3 is 0 Å². The molecule has 2 rings (SSSR count). The zero-order valence-electron chi connectivity index (χ0n) is 7.91. The van der Waals surface area contributed by atoms with Gasteiger partial charge in [-0.1, -0.05) is 23.2 Å². The Balaban J connectivity index is 2.13. The van der Waals surface area contributed by atoms with Gasteiger partial charge in [-0.25, -0.2) is 9.97 Å². The van der Waals surface area contributed by atoms with Crippen molar-refractivity contribution in [3.8, 4) is 0 Å². The molecule has 0 unspecified atom stereocenters. The van der Waals surface area contributed by atoms with E-state index in [1.165, 1.54) is 6.07 Å². The summed E-state index contributed by atoms with van der Waals surface area (Å²) in [4.78, 5) is 21.1. The molecule has 80 valence electrons. The van der Waals surface area contributed by atoms with Crippen LogP contribution in [0.25, 0.3) is 0 Å². The maximum atomic E-state index is 11.4. The summed E-state index contributed by atoms with van der Waals surface area (Å²) in [5.41, 5.74) is 0. The highest BCUT2D eigenvalue weighted by Gasteiger charge is 2.21. The third-order valence-corrected chi connectivity index (χ3v) is 2.60. The minimum atomic E-state index is 0.134. The maximum Gasteiger partial charge on any atom is 0.223 e. The SMILES string of the molecule is O=C1CCCN1Cc1nc(Cl)cc(Cl)n1. The molecule has 1 amide bonds. The van der Waals surface area contributed by atoms with Crippen LogP contribution >= 0.6 is 23.2 Å². The van der Waals surface area contributed by atoms with Crippen molar-refractivity contribution in [2.24, 2.45) is 0 Å². The summed E-state index contributed by atoms with van der Waals surface area (Å²) >= 11 is 11.5. The maximum absolute atomic E-state index is 11.4. The van der Waals surface area contributed by atoms with E-state index in [-0.39, 0.29) is 5.91 Å². The van der Waals surface area contributed by atoms with Gasteiger partial charge in [0.15, 0.2) is 5.82 Å². The molecular formula is C9H9Cl2N3O. The third-order valence-electron chi connectivity index (χ3n) is 2.21. The van der Waals surface area contributed by atoms with Gasteiger partial charge in [-0.2, -0.15) is 0 Å². The number of hydrogen-bond donors (Lipinski definition) is 0. The summed E-state index contributed by atoms with van der Waals surface area (Å²) in [5.74, 6) is 0.623. The van der Waals surface area contributed by atoms with Crippen molar-refractivity contribution >= 4 is 29.1 Å². The van der Waals surface area contributed by atoms with Crippen LogP contribution in [0.15, 0.2) is 6.07 Å². The van der Waals surface area contributed by atoms with E-state index in [1.54, 1.807) is 4.90 Å². The second-order valence-corrected chi connectivity index (χ2v) is 4.12. The predicted octanol–water partition coefficient (Wildman–Crippen LogP) is 1.91. The Kier molecular flexibility index (Phi) is 3.07. The Hall–Kier alpha value is -0.870. The Morgan fingerprint density at radius 3 is 2.53 bits per heavy atom. The van der Waals surface area contributed by atoms with Crippen LogP contribution in [0.5, 0.6) is 0 Å². The predicted molar refractivity (Wildman–Crippen MR) is 56.7 cm³/mol. The Labute approximate surface area is 97.2 Å². The van der Waals surface area contributed by atoms with Crippen LogP contribution in [0.3, 0.4) is 0 Å². The molecule has 1 fully saturated rings. The van der Waals surface area contributed by atoms with Gasteiger partial charge in [0.2, 0.25) is 5.91 Å². The minimum absolute atomic E-state index is 0.134. The van der Waals surface area contributed by atoms with Crippen molar-refractivity contribution in [3.63, 3.8) is 0 Å². The minimum Gasteiger partial charge on any atom is -0.335 e. The number of rotatable bonds is 2. The fraction of sp³-hybridized carbons (Fsp3) is 0.444. The van der Waals surface area contributed by atoms with Gasteiger partial charge in [0.05, 0.1) is 6.54 Å². The van der Waals surface area contributed by atoms with Crippen molar-refractivity contribution in [3.05, 3.63) is 22.2 Å². The number of likely N-dealkylation sites (tertiary alicyclic amines) is 1. The van der Waals surface area contributed by atoms with Gasteiger partial charge in [-0.05, 0) is 6.42 Å². The van der Waals surface area contributed by atoms with E-state index in [1.807, 2.05) is 0 Å². The van der Waals surface area contributed by atoms with Crippen LogP contribution in [0, 0.1) is 0 Å². The highest BCUT2D eigenvalue weighted by atomic mass is 35.5. The van der Waals surface area contributed by atoms with Gasteiger partial charge in [0.25, 0.3) is 0 Å². The normalized spacial score (nSPS) is 16.1. The highest BCUT2D eigenvalue weighted by Crippen LogP contribution is 2.16. The number of carbonyl (C=O) groups excluding carboxylic acids is 1. The lowest BCUT2D eigenvalue weighted by Crippen LogP contribution is -2.25. The van der Waals surface area contributed by atoms with E-state index in [4.69, 9.17) is 23.2 Å². The highest BCUT2D eigenvalue weighted by molar-refractivity contribution is 6.33. The fourth-order valence-corrected chi connectivity index (χ4v) is 2.00. The third kappa shape index (κ3) is 2.58. The zero-order valence-corrected chi connectivity index (χ0v) is 9.42. The average Bonchev–Trinajstić information content (AvgIpc) is 2.50. The molecule has 1 aromatic heterocycles. The van der Waals surface area contributed by atoms with Crippen molar-refractivity contribution in [2.45, 2.75) is 19.4 Å². The van der Waals surface area contributed by atoms with Crippen molar-refractivity contribution in [1.82, 2.24) is 14.9 Å². The molecule has 15 heavy (non-hydrogen) atoms. The van der Waals surface area contributed by atoms with Gasteiger partial charge in [0.1, 0.15) is 10.3 Å². The van der Waals surface area contributed by atoms with Crippen molar-refractivity contribution in [1.29, 1.82) is 0 Å². The van der Waals surface area contributed by atoms with Crippen molar-refractivity contribution < 1.29 is 4.79 Å². The topological polar surface area (TPSA) is 46.1 Å². The number of nitrogens with zero attached hydrogens (tertiary/aromatic N) is 3. The lowest BCUT2D eigenvalue weighted by molar-refractivity contribution is -0.128. The van der Waals surface area contributed by atoms with E-state index >= 15 is 0 Å². The lowest BCUT2D eigenvalue weighted by Gasteiger charge is -2.13. The molecule has 1 saturated heterocycles. The number of amides is 1. The lowest BCUT2D eigenvalue weighted by atomic mass is 10.4. The first-order chi connectivity index (χ1) is 7.15. The van der Waals surface area contributed by atoms with Gasteiger partial charge < -0.3 is 4.90 Å². The first-order valence-electron chi connectivity index (χ1n) is 4.62. The number of aromatic nitrogens is 2. The molecule has 0 N–H and O–H groups in total. The molecular weight excluding hydrogens is 237 g/mol. The summed E-state index contributed by atoms with van der Waals surface area (Å²) in [6.45, 7) is 1.14. The smallest absolute Gasteiger partial charge is 0.223 e. The Morgan fingerprint density at radius 2 is 2.00 bits per heavy atom. The van der Waals surface area contributed by atoms with E-state index in [0.29, 0.717) is 29.1 Å². The van der Waals surface area contributed by atoms with Crippen LogP contribution in [0.4, 0.5) is 0 Å². The largest absolute Gasteiger partial charge is 0.335 e. The standard InChI is InChI=1S/C9H9Cl2N3O/c10-6-4-7(11)13-8(12-6)5-14-3-1-2-9(14)15/h4H,1-3,5H2. The van der Waals surface area contributed by atoms with Gasteiger partial charge in [0, 0.05) is 19.0 Å². The molecule has 0 atom stereocenters. The summed E-state index contributed by atoms with van der Waals surface area (Å²) < 4.78 is 0. The quantitative estimate of drug-likeness (QED) is 0.748. The molecule has 1 aromatic rings. The molecule has 6 heteroatoms. The molecule has 0 saturated carbocycles. The molecule has 1 aliphatic heterocycles.